The topological polar surface area (TPSA) is 143 Å². The van der Waals surface area contributed by atoms with E-state index in [0.717, 1.165) is 12.1 Å². The lowest BCUT2D eigenvalue weighted by Gasteiger charge is -2.39. The Bertz CT molecular complexity index is 556. The van der Waals surface area contributed by atoms with Crippen LogP contribution < -0.4 is 4.74 Å². The first-order valence-electron chi connectivity index (χ1n) is 6.26. The van der Waals surface area contributed by atoms with E-state index in [1.807, 2.05) is 0 Å². The molecule has 10 heteroatoms. The Hall–Kier alpha value is -1.49. The maximum atomic E-state index is 10.6. The van der Waals surface area contributed by atoms with Crippen molar-refractivity contribution in [1.82, 2.24) is 0 Å². The number of nitrogens with zero attached hydrogens (tertiary/aromatic N) is 1. The first-order chi connectivity index (χ1) is 10.3. The van der Waals surface area contributed by atoms with Crippen LogP contribution in [0.5, 0.6) is 5.75 Å². The van der Waals surface area contributed by atoms with Gasteiger partial charge < -0.3 is 29.9 Å². The van der Waals surface area contributed by atoms with Crippen LogP contribution in [0.15, 0.2) is 18.2 Å². The number of hydrogen-bond donors (Lipinski definition) is 4. The minimum absolute atomic E-state index is 0.0337. The zero-order valence-electron chi connectivity index (χ0n) is 11.1. The van der Waals surface area contributed by atoms with Crippen LogP contribution in [0, 0.1) is 10.1 Å². The molecule has 1 saturated heterocycles. The van der Waals surface area contributed by atoms with E-state index in [2.05, 4.69) is 0 Å². The number of benzene rings is 1. The highest BCUT2D eigenvalue weighted by Gasteiger charge is 2.45. The van der Waals surface area contributed by atoms with Gasteiger partial charge in [-0.25, -0.2) is 0 Å². The van der Waals surface area contributed by atoms with E-state index in [9.17, 15) is 25.4 Å². The number of aliphatic hydroxyl groups is 4. The molecule has 22 heavy (non-hydrogen) atoms. The Labute approximate surface area is 129 Å². The quantitative estimate of drug-likeness (QED) is 0.423. The molecule has 5 atom stereocenters. The third-order valence-corrected chi connectivity index (χ3v) is 3.53. The van der Waals surface area contributed by atoms with Crippen LogP contribution in [0.1, 0.15) is 0 Å². The molecule has 4 N–H and O–H groups in total. The molecule has 0 bridgehead atoms. The highest BCUT2D eigenvalue weighted by molar-refractivity contribution is 6.32. The van der Waals surface area contributed by atoms with Crippen molar-refractivity contribution in [3.63, 3.8) is 0 Å². The van der Waals surface area contributed by atoms with Crippen LogP contribution in [-0.2, 0) is 4.74 Å². The van der Waals surface area contributed by atoms with Crippen LogP contribution >= 0.6 is 11.6 Å². The molecule has 122 valence electrons. The molecule has 9 nitrogen and oxygen atoms in total. The van der Waals surface area contributed by atoms with Gasteiger partial charge in [0.2, 0.25) is 0 Å². The van der Waals surface area contributed by atoms with Crippen molar-refractivity contribution in [2.75, 3.05) is 6.61 Å². The van der Waals surface area contributed by atoms with E-state index in [-0.39, 0.29) is 16.5 Å². The number of hydrogen-bond acceptors (Lipinski definition) is 8. The van der Waals surface area contributed by atoms with Gasteiger partial charge in [0.15, 0.2) is 12.4 Å². The second kappa shape index (κ2) is 6.73. The average molecular weight is 336 g/mol. The Kier molecular flexibility index (Phi) is 5.16. The summed E-state index contributed by atoms with van der Waals surface area (Å²) in [5, 5.41) is 48.9. The van der Waals surface area contributed by atoms with Gasteiger partial charge in [0.25, 0.3) is 5.69 Å². The summed E-state index contributed by atoms with van der Waals surface area (Å²) < 4.78 is 10.2. The van der Waals surface area contributed by atoms with Crippen LogP contribution in [0.25, 0.3) is 0 Å². The second-order valence-corrected chi connectivity index (χ2v) is 5.09. The van der Waals surface area contributed by atoms with E-state index < -0.39 is 42.2 Å². The molecule has 0 aliphatic carbocycles. The fourth-order valence-electron chi connectivity index (χ4n) is 2.04. The van der Waals surface area contributed by atoms with Crippen molar-refractivity contribution in [2.45, 2.75) is 30.7 Å². The van der Waals surface area contributed by atoms with Crippen molar-refractivity contribution in [3.05, 3.63) is 33.3 Å². The minimum atomic E-state index is -1.62. The van der Waals surface area contributed by atoms with Crippen LogP contribution in [-0.4, -0.2) is 62.7 Å². The number of nitro benzene ring substituents is 1. The van der Waals surface area contributed by atoms with Gasteiger partial charge in [-0.1, -0.05) is 11.6 Å². The monoisotopic (exact) mass is 335 g/mol. The van der Waals surface area contributed by atoms with Gasteiger partial charge in [-0.05, 0) is 6.07 Å². The Morgan fingerprint density at radius 2 is 2.00 bits per heavy atom. The van der Waals surface area contributed by atoms with E-state index in [0.29, 0.717) is 0 Å². The lowest BCUT2D eigenvalue weighted by atomic mass is 9.99. The van der Waals surface area contributed by atoms with Crippen LogP contribution in [0.4, 0.5) is 5.69 Å². The van der Waals surface area contributed by atoms with Gasteiger partial charge in [0.1, 0.15) is 24.1 Å². The highest BCUT2D eigenvalue weighted by atomic mass is 35.5. The summed E-state index contributed by atoms with van der Waals surface area (Å²) in [6.45, 7) is -0.597. The maximum absolute atomic E-state index is 10.6. The van der Waals surface area contributed by atoms with Crippen molar-refractivity contribution in [3.8, 4) is 5.75 Å². The van der Waals surface area contributed by atoms with E-state index in [4.69, 9.17) is 26.2 Å². The molecule has 1 aromatic carbocycles. The van der Waals surface area contributed by atoms with E-state index >= 15 is 0 Å². The Morgan fingerprint density at radius 1 is 1.32 bits per heavy atom. The van der Waals surface area contributed by atoms with Crippen molar-refractivity contribution >= 4 is 17.3 Å². The second-order valence-electron chi connectivity index (χ2n) is 4.68. The number of non-ortho nitro benzene ring substituents is 1. The largest absolute Gasteiger partial charge is 0.481 e. The standard InChI is InChI=1S/C12H14ClNO8/c13-6-3-5(14(19)20)1-2-7(6)21-11-10(17)9(16)8(4-15)22-12(11)18/h1-3,8-12,15-18H,4H2/t8-,9-,10+,11+,12+/m1/s1. The molecule has 0 saturated carbocycles. The Morgan fingerprint density at radius 3 is 2.55 bits per heavy atom. The van der Waals surface area contributed by atoms with Gasteiger partial charge in [-0.2, -0.15) is 0 Å². The normalized spacial score (nSPS) is 31.8. The first-order valence-corrected chi connectivity index (χ1v) is 6.64. The summed E-state index contributed by atoms with van der Waals surface area (Å²) in [5.41, 5.74) is -0.251. The number of aliphatic hydroxyl groups excluding tert-OH is 4. The van der Waals surface area contributed by atoms with Crippen molar-refractivity contribution in [2.24, 2.45) is 0 Å². The lowest BCUT2D eigenvalue weighted by molar-refractivity contribution is -0.384. The van der Waals surface area contributed by atoms with Gasteiger partial charge in [0.05, 0.1) is 16.6 Å². The van der Waals surface area contributed by atoms with Gasteiger partial charge in [-0.3, -0.25) is 10.1 Å². The highest BCUT2D eigenvalue weighted by Crippen LogP contribution is 2.32. The van der Waals surface area contributed by atoms with Crippen LogP contribution in [0.2, 0.25) is 5.02 Å². The fraction of sp³-hybridized carbons (Fsp3) is 0.500. The first kappa shape index (κ1) is 16.9. The molecule has 0 amide bonds. The predicted octanol–water partition coefficient (Wildman–Crippen LogP) is -0.573. The van der Waals surface area contributed by atoms with Crippen molar-refractivity contribution < 1.29 is 34.8 Å². The molecule has 1 fully saturated rings. The summed E-state index contributed by atoms with van der Waals surface area (Å²) in [6.07, 6.45) is -7.18. The molecule has 1 aliphatic heterocycles. The number of halogens is 1. The molecule has 0 unspecified atom stereocenters. The summed E-state index contributed by atoms with van der Waals surface area (Å²) in [7, 11) is 0. The van der Waals surface area contributed by atoms with Crippen LogP contribution in [0.3, 0.4) is 0 Å². The Balaban J connectivity index is 2.17. The summed E-state index contributed by atoms with van der Waals surface area (Å²) in [5.74, 6) is -0.0337. The summed E-state index contributed by atoms with van der Waals surface area (Å²) in [4.78, 5) is 9.98. The number of ether oxygens (including phenoxy) is 2. The van der Waals surface area contributed by atoms with E-state index in [1.54, 1.807) is 0 Å². The third-order valence-electron chi connectivity index (χ3n) is 3.23. The molecule has 1 aromatic rings. The molecule has 0 spiro atoms. The molecular weight excluding hydrogens is 322 g/mol. The third kappa shape index (κ3) is 3.29. The fourth-order valence-corrected chi connectivity index (χ4v) is 2.26. The SMILES string of the molecule is O=[N+]([O-])c1ccc(O[C@H]2[C@@H](O)[C@H](O)[C@@H](CO)O[C@@H]2O)c(Cl)c1. The zero-order valence-corrected chi connectivity index (χ0v) is 11.8. The lowest BCUT2D eigenvalue weighted by Crippen LogP contribution is -2.60. The number of nitro groups is 1. The zero-order chi connectivity index (χ0) is 16.4. The summed E-state index contributed by atoms with van der Waals surface area (Å²) in [6, 6.07) is 3.38. The smallest absolute Gasteiger partial charge is 0.271 e. The van der Waals surface area contributed by atoms with Gasteiger partial charge >= 0.3 is 0 Å². The van der Waals surface area contributed by atoms with E-state index in [1.165, 1.54) is 6.07 Å². The molecule has 0 radical (unpaired) electrons. The summed E-state index contributed by atoms with van der Waals surface area (Å²) >= 11 is 5.84. The van der Waals surface area contributed by atoms with Gasteiger partial charge in [-0.15, -0.1) is 0 Å². The molecule has 1 heterocycles. The predicted molar refractivity (Wildman–Crippen MR) is 72.5 cm³/mol. The molecule has 2 rings (SSSR count). The molecular formula is C12H14ClNO8. The minimum Gasteiger partial charge on any atom is -0.481 e. The molecule has 0 aromatic heterocycles. The maximum Gasteiger partial charge on any atom is 0.271 e. The van der Waals surface area contributed by atoms with Gasteiger partial charge in [0, 0.05) is 12.1 Å². The molecule has 1 aliphatic rings. The number of rotatable bonds is 4. The van der Waals surface area contributed by atoms with Crippen molar-refractivity contribution in [1.29, 1.82) is 0 Å². The average Bonchev–Trinajstić information content (AvgIpc) is 2.48.